The summed E-state index contributed by atoms with van der Waals surface area (Å²) in [6.45, 7) is 2.20. The quantitative estimate of drug-likeness (QED) is 0.644. The van der Waals surface area contributed by atoms with E-state index in [9.17, 15) is 5.26 Å². The van der Waals surface area contributed by atoms with Crippen LogP contribution in [0.3, 0.4) is 0 Å². The van der Waals surface area contributed by atoms with Gasteiger partial charge in [-0.15, -0.1) is 12.4 Å². The number of pyridine rings is 1. The third-order valence-electron chi connectivity index (χ3n) is 5.19. The number of nitrogens with zero attached hydrogens (tertiary/aromatic N) is 4. The van der Waals surface area contributed by atoms with Crippen molar-refractivity contribution in [3.8, 4) is 6.07 Å². The fourth-order valence-corrected chi connectivity index (χ4v) is 5.12. The van der Waals surface area contributed by atoms with E-state index in [0.717, 1.165) is 53.3 Å². The molecule has 2 aliphatic rings. The molecule has 1 fully saturated rings. The van der Waals surface area contributed by atoms with Crippen LogP contribution < -0.4 is 4.90 Å². The Morgan fingerprint density at radius 1 is 1.12 bits per heavy atom. The van der Waals surface area contributed by atoms with Crippen LogP contribution in [0.15, 0.2) is 24.3 Å². The summed E-state index contributed by atoms with van der Waals surface area (Å²) < 4.78 is 2.25. The third-order valence-corrected chi connectivity index (χ3v) is 6.18. The average Bonchev–Trinajstić information content (AvgIpc) is 3.27. The minimum absolute atomic E-state index is 0. The molecule has 0 N–H and O–H groups in total. The zero-order valence-electron chi connectivity index (χ0n) is 13.9. The number of rotatable bonds is 1. The van der Waals surface area contributed by atoms with Crippen LogP contribution in [0.4, 0.5) is 5.82 Å². The number of hydrogen-bond acceptors (Lipinski definition) is 4. The van der Waals surface area contributed by atoms with E-state index in [2.05, 4.69) is 27.5 Å². The van der Waals surface area contributed by atoms with Crippen LogP contribution in [0.25, 0.3) is 16.7 Å². The van der Waals surface area contributed by atoms with Gasteiger partial charge in [0.05, 0.1) is 16.6 Å². The van der Waals surface area contributed by atoms with Crippen LogP contribution in [0.5, 0.6) is 0 Å². The topological polar surface area (TPSA) is 44.3 Å². The van der Waals surface area contributed by atoms with Crippen LogP contribution in [0, 0.1) is 11.3 Å². The monoisotopic (exact) mass is 370 g/mol. The van der Waals surface area contributed by atoms with Gasteiger partial charge >= 0.3 is 0 Å². The van der Waals surface area contributed by atoms with E-state index < -0.39 is 0 Å². The van der Waals surface area contributed by atoms with Gasteiger partial charge in [0.15, 0.2) is 5.65 Å². The lowest BCUT2D eigenvalue weighted by Gasteiger charge is -2.28. The first kappa shape index (κ1) is 16.6. The first-order chi connectivity index (χ1) is 11.9. The molecule has 0 saturated carbocycles. The van der Waals surface area contributed by atoms with E-state index in [1.54, 1.807) is 0 Å². The largest absolute Gasteiger partial charge is 0.357 e. The van der Waals surface area contributed by atoms with E-state index in [4.69, 9.17) is 4.98 Å². The summed E-state index contributed by atoms with van der Waals surface area (Å²) in [5.74, 6) is 3.38. The summed E-state index contributed by atoms with van der Waals surface area (Å²) in [6, 6.07) is 10.7. The van der Waals surface area contributed by atoms with Crippen LogP contribution in [-0.4, -0.2) is 28.2 Å². The van der Waals surface area contributed by atoms with E-state index in [0.29, 0.717) is 0 Å². The molecule has 0 aliphatic carbocycles. The van der Waals surface area contributed by atoms with Gasteiger partial charge in [-0.1, -0.05) is 12.1 Å². The van der Waals surface area contributed by atoms with Crippen molar-refractivity contribution in [3.63, 3.8) is 0 Å². The maximum absolute atomic E-state index is 9.85. The molecule has 5 rings (SSSR count). The Hall–Kier alpha value is -1.90. The molecule has 0 spiro atoms. The summed E-state index contributed by atoms with van der Waals surface area (Å²) in [5, 5.41) is 9.85. The molecule has 6 heteroatoms. The van der Waals surface area contributed by atoms with E-state index in [1.807, 2.05) is 23.9 Å². The zero-order valence-corrected chi connectivity index (χ0v) is 15.5. The van der Waals surface area contributed by atoms with Crippen molar-refractivity contribution < 1.29 is 0 Å². The molecule has 0 radical (unpaired) electrons. The average molecular weight is 371 g/mol. The van der Waals surface area contributed by atoms with Crippen LogP contribution in [-0.2, 0) is 12.2 Å². The summed E-state index contributed by atoms with van der Waals surface area (Å²) in [6.07, 6.45) is 3.47. The lowest BCUT2D eigenvalue weighted by Crippen LogP contribution is -2.25. The lowest BCUT2D eigenvalue weighted by atomic mass is 10.0. The maximum Gasteiger partial charge on any atom is 0.157 e. The summed E-state index contributed by atoms with van der Waals surface area (Å²) in [5.41, 5.74) is 6.31. The number of fused-ring (bicyclic) bond motifs is 4. The predicted octanol–water partition coefficient (Wildman–Crippen LogP) is 4.17. The second-order valence-electron chi connectivity index (χ2n) is 6.52. The number of halogens is 1. The molecule has 25 heavy (non-hydrogen) atoms. The third kappa shape index (κ3) is 2.39. The number of anilines is 1. The number of benzene rings is 1. The fraction of sp³-hybridized carbons (Fsp3) is 0.368. The molecule has 4 heterocycles. The second kappa shape index (κ2) is 6.44. The first-order valence-electron chi connectivity index (χ1n) is 8.56. The number of thioether (sulfide) groups is 1. The molecule has 1 aromatic carbocycles. The predicted molar refractivity (Wildman–Crippen MR) is 106 cm³/mol. The molecule has 0 amide bonds. The molecule has 2 aromatic heterocycles. The Labute approximate surface area is 157 Å². The van der Waals surface area contributed by atoms with Crippen LogP contribution >= 0.6 is 24.2 Å². The van der Waals surface area contributed by atoms with Gasteiger partial charge in [0.2, 0.25) is 0 Å². The molecular formula is C19H19ClN4S. The van der Waals surface area contributed by atoms with Crippen molar-refractivity contribution >= 4 is 46.7 Å². The molecule has 128 valence electrons. The highest BCUT2D eigenvalue weighted by Gasteiger charge is 2.28. The SMILES string of the molecule is Cl.N#Cc1c2c(c(N3CCCC3)n3c1nc1ccccc13)CSCC2. The Balaban J connectivity index is 0.00000157. The van der Waals surface area contributed by atoms with Gasteiger partial charge in [-0.25, -0.2) is 4.98 Å². The molecule has 2 aliphatic heterocycles. The highest BCUT2D eigenvalue weighted by Crippen LogP contribution is 2.39. The lowest BCUT2D eigenvalue weighted by molar-refractivity contribution is 0.898. The number of nitriles is 1. The van der Waals surface area contributed by atoms with Gasteiger partial charge in [0.1, 0.15) is 11.9 Å². The van der Waals surface area contributed by atoms with Gasteiger partial charge in [-0.2, -0.15) is 17.0 Å². The molecule has 3 aromatic rings. The van der Waals surface area contributed by atoms with Crippen molar-refractivity contribution in [2.75, 3.05) is 23.7 Å². The summed E-state index contributed by atoms with van der Waals surface area (Å²) in [7, 11) is 0. The van der Waals surface area contributed by atoms with Crippen molar-refractivity contribution in [1.29, 1.82) is 5.26 Å². The Morgan fingerprint density at radius 2 is 1.92 bits per heavy atom. The second-order valence-corrected chi connectivity index (χ2v) is 7.63. The van der Waals surface area contributed by atoms with E-state index in [1.165, 1.54) is 29.8 Å². The molecular weight excluding hydrogens is 352 g/mol. The summed E-state index contributed by atoms with van der Waals surface area (Å²) >= 11 is 1.98. The normalized spacial score (nSPS) is 16.7. The molecule has 1 saturated heterocycles. The zero-order chi connectivity index (χ0) is 16.1. The Kier molecular flexibility index (Phi) is 4.26. The van der Waals surface area contributed by atoms with E-state index in [-0.39, 0.29) is 12.4 Å². The standard InChI is InChI=1S/C19H18N4S.ClH/c20-11-14-13-7-10-24-12-15(13)19(22-8-3-4-9-22)23-17-6-2-1-5-16(17)21-18(14)23;/h1-2,5-6H,3-4,7-10,12H2;1H. The fourth-order valence-electron chi connectivity index (χ4n) is 4.12. The molecule has 0 bridgehead atoms. The van der Waals surface area contributed by atoms with Gasteiger partial charge in [0, 0.05) is 24.4 Å². The minimum atomic E-state index is 0. The first-order valence-corrected chi connectivity index (χ1v) is 9.71. The van der Waals surface area contributed by atoms with Gasteiger partial charge < -0.3 is 4.90 Å². The van der Waals surface area contributed by atoms with Crippen molar-refractivity contribution in [2.45, 2.75) is 25.0 Å². The molecule has 0 atom stereocenters. The molecule has 0 unspecified atom stereocenters. The van der Waals surface area contributed by atoms with Crippen molar-refractivity contribution in [3.05, 3.63) is 41.0 Å². The van der Waals surface area contributed by atoms with Crippen molar-refractivity contribution in [2.24, 2.45) is 0 Å². The van der Waals surface area contributed by atoms with Crippen LogP contribution in [0.2, 0.25) is 0 Å². The Bertz CT molecular complexity index is 998. The number of aromatic nitrogens is 2. The number of para-hydroxylation sites is 2. The minimum Gasteiger partial charge on any atom is -0.357 e. The Morgan fingerprint density at radius 3 is 2.72 bits per heavy atom. The van der Waals surface area contributed by atoms with Gasteiger partial charge in [-0.05, 0) is 42.7 Å². The highest BCUT2D eigenvalue weighted by atomic mass is 35.5. The smallest absolute Gasteiger partial charge is 0.157 e. The summed E-state index contributed by atoms with van der Waals surface area (Å²) in [4.78, 5) is 7.34. The van der Waals surface area contributed by atoms with Gasteiger partial charge in [-0.3, -0.25) is 4.40 Å². The van der Waals surface area contributed by atoms with E-state index >= 15 is 0 Å². The molecule has 4 nitrogen and oxygen atoms in total. The number of imidazole rings is 1. The van der Waals surface area contributed by atoms with Crippen molar-refractivity contribution in [1.82, 2.24) is 9.38 Å². The van der Waals surface area contributed by atoms with Crippen LogP contribution in [0.1, 0.15) is 29.5 Å². The maximum atomic E-state index is 9.85. The number of hydrogen-bond donors (Lipinski definition) is 0. The van der Waals surface area contributed by atoms with Gasteiger partial charge in [0.25, 0.3) is 0 Å². The highest BCUT2D eigenvalue weighted by molar-refractivity contribution is 7.98.